The fourth-order valence-electron chi connectivity index (χ4n) is 2.57. The Morgan fingerprint density at radius 2 is 2.00 bits per heavy atom. The molecule has 1 amide bonds. The molecule has 6 nitrogen and oxygen atoms in total. The minimum Gasteiger partial charge on any atom is -0.360 e. The maximum Gasteiger partial charge on any atom is 0.259 e. The van der Waals surface area contributed by atoms with Gasteiger partial charge in [-0.2, -0.15) is 0 Å². The van der Waals surface area contributed by atoms with E-state index in [4.69, 9.17) is 0 Å². The Labute approximate surface area is 151 Å². The number of rotatable bonds is 3. The summed E-state index contributed by atoms with van der Waals surface area (Å²) >= 11 is 3.49. The molecule has 0 saturated carbocycles. The van der Waals surface area contributed by atoms with Crippen molar-refractivity contribution >= 4 is 38.6 Å². The van der Waals surface area contributed by atoms with Crippen LogP contribution in [0.25, 0.3) is 22.2 Å². The Morgan fingerprint density at radius 1 is 1.08 bits per heavy atom. The van der Waals surface area contributed by atoms with Crippen LogP contribution < -0.4 is 5.32 Å². The van der Waals surface area contributed by atoms with Gasteiger partial charge < -0.3 is 10.3 Å². The van der Waals surface area contributed by atoms with Gasteiger partial charge in [0, 0.05) is 45.7 Å². The number of halogens is 1. The number of amides is 1. The summed E-state index contributed by atoms with van der Waals surface area (Å²) in [5, 5.41) is 3.66. The molecule has 2 N–H and O–H groups in total. The summed E-state index contributed by atoms with van der Waals surface area (Å²) in [6.45, 7) is 0. The Balaban J connectivity index is 1.58. The van der Waals surface area contributed by atoms with E-state index in [1.165, 1.54) is 0 Å². The summed E-state index contributed by atoms with van der Waals surface area (Å²) in [7, 11) is 0. The first-order valence-corrected chi connectivity index (χ1v) is 8.31. The highest BCUT2D eigenvalue weighted by Gasteiger charge is 2.15. The van der Waals surface area contributed by atoms with Gasteiger partial charge in [-0.25, -0.2) is 4.98 Å². The number of hydrogen-bond donors (Lipinski definition) is 2. The van der Waals surface area contributed by atoms with Crippen molar-refractivity contribution in [3.05, 3.63) is 71.4 Å². The van der Waals surface area contributed by atoms with Gasteiger partial charge in [-0.15, -0.1) is 0 Å². The quantitative estimate of drug-likeness (QED) is 0.550. The van der Waals surface area contributed by atoms with Crippen molar-refractivity contribution in [3.8, 4) is 11.3 Å². The van der Waals surface area contributed by atoms with Gasteiger partial charge in [-0.1, -0.05) is 22.0 Å². The SMILES string of the molecule is O=C(Nc1ccc(-c2cnccn2)cn1)c1c[nH]c2cccc(Br)c12. The van der Waals surface area contributed by atoms with E-state index in [1.807, 2.05) is 24.3 Å². The molecule has 25 heavy (non-hydrogen) atoms. The normalized spacial score (nSPS) is 10.8. The predicted molar refractivity (Wildman–Crippen MR) is 99.2 cm³/mol. The van der Waals surface area contributed by atoms with E-state index in [2.05, 4.69) is 41.2 Å². The molecule has 3 aromatic heterocycles. The average molecular weight is 394 g/mol. The average Bonchev–Trinajstić information content (AvgIpc) is 3.09. The maximum absolute atomic E-state index is 12.6. The summed E-state index contributed by atoms with van der Waals surface area (Å²) in [4.78, 5) is 28.2. The van der Waals surface area contributed by atoms with E-state index >= 15 is 0 Å². The number of carbonyl (C=O) groups is 1. The van der Waals surface area contributed by atoms with Gasteiger partial charge in [0.1, 0.15) is 5.82 Å². The lowest BCUT2D eigenvalue weighted by Gasteiger charge is -2.05. The zero-order chi connectivity index (χ0) is 17.2. The first-order valence-electron chi connectivity index (χ1n) is 7.52. The van der Waals surface area contributed by atoms with Gasteiger partial charge in [-0.3, -0.25) is 14.8 Å². The number of fused-ring (bicyclic) bond motifs is 1. The first-order chi connectivity index (χ1) is 12.2. The van der Waals surface area contributed by atoms with Crippen molar-refractivity contribution in [2.24, 2.45) is 0 Å². The van der Waals surface area contributed by atoms with Gasteiger partial charge in [0.15, 0.2) is 0 Å². The standard InChI is InChI=1S/C18H12BrN5O/c19-13-2-1-3-14-17(13)12(9-22-14)18(25)24-16-5-4-11(8-23-16)15-10-20-6-7-21-15/h1-10,22H,(H,23,24,25). The summed E-state index contributed by atoms with van der Waals surface area (Å²) in [6.07, 6.45) is 8.26. The van der Waals surface area contributed by atoms with Crippen LogP contribution in [0.2, 0.25) is 0 Å². The molecule has 0 unspecified atom stereocenters. The number of aromatic amines is 1. The molecule has 0 spiro atoms. The number of hydrogen-bond acceptors (Lipinski definition) is 4. The maximum atomic E-state index is 12.6. The molecule has 0 saturated heterocycles. The lowest BCUT2D eigenvalue weighted by molar-refractivity contribution is 0.102. The van der Waals surface area contributed by atoms with E-state index in [0.29, 0.717) is 11.4 Å². The fourth-order valence-corrected chi connectivity index (χ4v) is 3.15. The molecule has 4 aromatic rings. The highest BCUT2D eigenvalue weighted by molar-refractivity contribution is 9.10. The summed E-state index contributed by atoms with van der Waals surface area (Å²) in [6, 6.07) is 9.33. The largest absolute Gasteiger partial charge is 0.360 e. The van der Waals surface area contributed by atoms with Crippen molar-refractivity contribution in [2.45, 2.75) is 0 Å². The van der Waals surface area contributed by atoms with Crippen molar-refractivity contribution in [1.82, 2.24) is 19.9 Å². The molecule has 3 heterocycles. The Hall–Kier alpha value is -3.06. The molecule has 122 valence electrons. The Kier molecular flexibility index (Phi) is 3.99. The number of nitrogens with zero attached hydrogens (tertiary/aromatic N) is 3. The van der Waals surface area contributed by atoms with Crippen LogP contribution >= 0.6 is 15.9 Å². The van der Waals surface area contributed by atoms with Crippen LogP contribution in [0.1, 0.15) is 10.4 Å². The Morgan fingerprint density at radius 3 is 2.76 bits per heavy atom. The number of benzene rings is 1. The van der Waals surface area contributed by atoms with E-state index in [-0.39, 0.29) is 5.91 Å². The molecule has 0 fully saturated rings. The minimum atomic E-state index is -0.224. The number of carbonyl (C=O) groups excluding carboxylic acids is 1. The fraction of sp³-hybridized carbons (Fsp3) is 0. The number of aromatic nitrogens is 4. The number of pyridine rings is 1. The molecule has 0 aliphatic rings. The highest BCUT2D eigenvalue weighted by atomic mass is 79.9. The van der Waals surface area contributed by atoms with Crippen molar-refractivity contribution in [2.75, 3.05) is 5.32 Å². The number of nitrogens with one attached hydrogen (secondary N) is 2. The zero-order valence-electron chi connectivity index (χ0n) is 12.9. The monoisotopic (exact) mass is 393 g/mol. The number of H-pyrrole nitrogens is 1. The summed E-state index contributed by atoms with van der Waals surface area (Å²) < 4.78 is 0.863. The summed E-state index contributed by atoms with van der Waals surface area (Å²) in [5.74, 6) is 0.247. The Bertz CT molecular complexity index is 1040. The molecule has 0 aliphatic carbocycles. The second-order valence-corrected chi connectivity index (χ2v) is 6.20. The second-order valence-electron chi connectivity index (χ2n) is 5.34. The van der Waals surface area contributed by atoms with Crippen LogP contribution in [-0.2, 0) is 0 Å². The van der Waals surface area contributed by atoms with Crippen LogP contribution in [0.3, 0.4) is 0 Å². The van der Waals surface area contributed by atoms with Gasteiger partial charge in [0.05, 0.1) is 17.5 Å². The molecule has 7 heteroatoms. The topological polar surface area (TPSA) is 83.6 Å². The summed E-state index contributed by atoms with van der Waals surface area (Å²) in [5.41, 5.74) is 3.02. The molecule has 0 atom stereocenters. The molecule has 0 bridgehead atoms. The van der Waals surface area contributed by atoms with Crippen molar-refractivity contribution < 1.29 is 4.79 Å². The smallest absolute Gasteiger partial charge is 0.259 e. The first kappa shape index (κ1) is 15.5. The highest BCUT2D eigenvalue weighted by Crippen LogP contribution is 2.27. The predicted octanol–water partition coefficient (Wildman–Crippen LogP) is 4.03. The van der Waals surface area contributed by atoms with Gasteiger partial charge in [0.2, 0.25) is 0 Å². The lowest BCUT2D eigenvalue weighted by atomic mass is 10.1. The van der Waals surface area contributed by atoms with Crippen LogP contribution in [0.4, 0.5) is 5.82 Å². The molecule has 0 radical (unpaired) electrons. The van der Waals surface area contributed by atoms with Crippen LogP contribution in [-0.4, -0.2) is 25.8 Å². The van der Waals surface area contributed by atoms with Crippen LogP contribution in [0, 0.1) is 0 Å². The molecular formula is C18H12BrN5O. The third-order valence-corrected chi connectivity index (χ3v) is 4.42. The van der Waals surface area contributed by atoms with Crippen LogP contribution in [0.15, 0.2) is 65.8 Å². The zero-order valence-corrected chi connectivity index (χ0v) is 14.5. The van der Waals surface area contributed by atoms with Crippen LogP contribution in [0.5, 0.6) is 0 Å². The van der Waals surface area contributed by atoms with Gasteiger partial charge in [-0.05, 0) is 24.3 Å². The van der Waals surface area contributed by atoms with E-state index < -0.39 is 0 Å². The van der Waals surface area contributed by atoms with Crippen molar-refractivity contribution in [1.29, 1.82) is 0 Å². The number of anilines is 1. The van der Waals surface area contributed by atoms with E-state index in [9.17, 15) is 4.79 Å². The van der Waals surface area contributed by atoms with Gasteiger partial charge in [0.25, 0.3) is 5.91 Å². The molecule has 1 aromatic carbocycles. The molecular weight excluding hydrogens is 382 g/mol. The van der Waals surface area contributed by atoms with E-state index in [1.54, 1.807) is 37.1 Å². The minimum absolute atomic E-state index is 0.224. The lowest BCUT2D eigenvalue weighted by Crippen LogP contribution is -2.12. The van der Waals surface area contributed by atoms with E-state index in [0.717, 1.165) is 26.6 Å². The van der Waals surface area contributed by atoms with Gasteiger partial charge >= 0.3 is 0 Å². The third kappa shape index (κ3) is 3.01. The van der Waals surface area contributed by atoms with Crippen molar-refractivity contribution in [3.63, 3.8) is 0 Å². The second kappa shape index (κ2) is 6.45. The molecule has 0 aliphatic heterocycles. The molecule has 4 rings (SSSR count). The third-order valence-electron chi connectivity index (χ3n) is 3.76.